The molecule has 1 N–H and O–H groups in total. The predicted octanol–water partition coefficient (Wildman–Crippen LogP) is 3.56. The maximum Gasteiger partial charge on any atom is 0.258 e. The summed E-state index contributed by atoms with van der Waals surface area (Å²) in [7, 11) is 3.20. The van der Waals surface area contributed by atoms with Gasteiger partial charge in [-0.25, -0.2) is 0 Å². The fourth-order valence-corrected chi connectivity index (χ4v) is 2.58. The second-order valence-corrected chi connectivity index (χ2v) is 6.39. The van der Waals surface area contributed by atoms with Gasteiger partial charge in [-0.15, -0.1) is 0 Å². The first-order valence-corrected chi connectivity index (χ1v) is 8.51. The number of nitrogens with one attached hydrogen (secondary N) is 1. The highest BCUT2D eigenvalue weighted by atomic mass is 127. The molecule has 0 aliphatic carbocycles. The highest BCUT2D eigenvalue weighted by Gasteiger charge is 2.15. The Morgan fingerprint density at radius 1 is 1.08 bits per heavy atom. The molecule has 0 saturated heterocycles. The van der Waals surface area contributed by atoms with Crippen molar-refractivity contribution < 1.29 is 19.0 Å². The van der Waals surface area contributed by atoms with Crippen molar-refractivity contribution in [2.75, 3.05) is 20.8 Å². The average molecular weight is 441 g/mol. The molecular formula is C18H20INO4. The van der Waals surface area contributed by atoms with Crippen LogP contribution in [0.2, 0.25) is 0 Å². The molecule has 0 spiro atoms. The average Bonchev–Trinajstić information content (AvgIpc) is 2.60. The fourth-order valence-electron chi connectivity index (χ4n) is 2.22. The Kier molecular flexibility index (Phi) is 6.72. The molecule has 0 aromatic heterocycles. The molecule has 5 nitrogen and oxygen atoms in total. The number of methoxy groups -OCH3 is 2. The summed E-state index contributed by atoms with van der Waals surface area (Å²) in [5.74, 6) is 1.87. The van der Waals surface area contributed by atoms with Gasteiger partial charge in [-0.05, 0) is 72.0 Å². The van der Waals surface area contributed by atoms with Crippen LogP contribution in [0.4, 0.5) is 0 Å². The molecule has 0 heterocycles. The smallest absolute Gasteiger partial charge is 0.258 e. The van der Waals surface area contributed by atoms with E-state index in [9.17, 15) is 4.79 Å². The van der Waals surface area contributed by atoms with E-state index in [1.807, 2.05) is 49.4 Å². The van der Waals surface area contributed by atoms with Gasteiger partial charge in [-0.1, -0.05) is 0 Å². The van der Waals surface area contributed by atoms with Crippen molar-refractivity contribution in [1.82, 2.24) is 5.32 Å². The number of benzene rings is 2. The SMILES string of the molecule is COc1ccc(OC)c([C@H](C)NC(=O)COc2ccc(I)cc2)c1. The molecule has 24 heavy (non-hydrogen) atoms. The van der Waals surface area contributed by atoms with Crippen LogP contribution in [-0.4, -0.2) is 26.7 Å². The van der Waals surface area contributed by atoms with Crippen LogP contribution in [0.25, 0.3) is 0 Å². The van der Waals surface area contributed by atoms with E-state index in [4.69, 9.17) is 14.2 Å². The van der Waals surface area contributed by atoms with Crippen molar-refractivity contribution in [1.29, 1.82) is 0 Å². The molecule has 0 fully saturated rings. The molecule has 128 valence electrons. The van der Waals surface area contributed by atoms with E-state index in [0.717, 1.165) is 9.13 Å². The molecule has 0 saturated carbocycles. The van der Waals surface area contributed by atoms with Gasteiger partial charge in [0.25, 0.3) is 5.91 Å². The Balaban J connectivity index is 1.97. The zero-order valence-electron chi connectivity index (χ0n) is 13.8. The molecule has 2 rings (SSSR count). The third-order valence-corrected chi connectivity index (χ3v) is 4.18. The van der Waals surface area contributed by atoms with Gasteiger partial charge in [0.1, 0.15) is 17.2 Å². The van der Waals surface area contributed by atoms with Crippen molar-refractivity contribution in [3.63, 3.8) is 0 Å². The van der Waals surface area contributed by atoms with Crippen LogP contribution in [0, 0.1) is 3.57 Å². The lowest BCUT2D eigenvalue weighted by atomic mass is 10.1. The monoisotopic (exact) mass is 441 g/mol. The summed E-state index contributed by atoms with van der Waals surface area (Å²) >= 11 is 2.22. The van der Waals surface area contributed by atoms with Gasteiger partial charge in [0.15, 0.2) is 6.61 Å². The Labute approximate surface area is 155 Å². The maximum absolute atomic E-state index is 12.1. The minimum atomic E-state index is -0.233. The van der Waals surface area contributed by atoms with Gasteiger partial charge >= 0.3 is 0 Å². The van der Waals surface area contributed by atoms with Crippen molar-refractivity contribution >= 4 is 28.5 Å². The van der Waals surface area contributed by atoms with E-state index in [2.05, 4.69) is 27.9 Å². The normalized spacial score (nSPS) is 11.5. The molecule has 0 radical (unpaired) electrons. The van der Waals surface area contributed by atoms with Crippen molar-refractivity contribution in [3.05, 3.63) is 51.6 Å². The summed E-state index contributed by atoms with van der Waals surface area (Å²) in [5, 5.41) is 2.90. The minimum Gasteiger partial charge on any atom is -0.497 e. The van der Waals surface area contributed by atoms with Crippen molar-refractivity contribution in [2.45, 2.75) is 13.0 Å². The summed E-state index contributed by atoms with van der Waals surface area (Å²) in [6.07, 6.45) is 0. The number of carbonyl (C=O) groups excluding carboxylic acids is 1. The Morgan fingerprint density at radius 3 is 2.38 bits per heavy atom. The second kappa shape index (κ2) is 8.77. The van der Waals surface area contributed by atoms with Crippen LogP contribution in [0.3, 0.4) is 0 Å². The first kappa shape index (κ1) is 18.4. The quantitative estimate of drug-likeness (QED) is 0.668. The molecule has 6 heteroatoms. The van der Waals surface area contributed by atoms with E-state index in [0.29, 0.717) is 17.2 Å². The molecule has 2 aromatic carbocycles. The third-order valence-electron chi connectivity index (χ3n) is 3.46. The highest BCUT2D eigenvalue weighted by molar-refractivity contribution is 14.1. The van der Waals surface area contributed by atoms with E-state index in [-0.39, 0.29) is 18.6 Å². The van der Waals surface area contributed by atoms with Crippen LogP contribution in [0.15, 0.2) is 42.5 Å². The molecular weight excluding hydrogens is 421 g/mol. The van der Waals surface area contributed by atoms with Crippen LogP contribution < -0.4 is 19.5 Å². The molecule has 2 aromatic rings. The lowest BCUT2D eigenvalue weighted by Crippen LogP contribution is -2.31. The lowest BCUT2D eigenvalue weighted by molar-refractivity contribution is -0.123. The number of halogens is 1. The van der Waals surface area contributed by atoms with Gasteiger partial charge in [-0.3, -0.25) is 4.79 Å². The van der Waals surface area contributed by atoms with Crippen LogP contribution >= 0.6 is 22.6 Å². The number of rotatable bonds is 7. The fraction of sp³-hybridized carbons (Fsp3) is 0.278. The van der Waals surface area contributed by atoms with Gasteiger partial charge in [0.2, 0.25) is 0 Å². The first-order chi connectivity index (χ1) is 11.5. The zero-order valence-corrected chi connectivity index (χ0v) is 16.0. The van der Waals surface area contributed by atoms with Crippen LogP contribution in [0.1, 0.15) is 18.5 Å². The number of carbonyl (C=O) groups is 1. The number of ether oxygens (including phenoxy) is 3. The van der Waals surface area contributed by atoms with Crippen LogP contribution in [0.5, 0.6) is 17.2 Å². The third kappa shape index (κ3) is 5.02. The summed E-state index contributed by atoms with van der Waals surface area (Å²) in [4.78, 5) is 12.1. The molecule has 0 aliphatic heterocycles. The first-order valence-electron chi connectivity index (χ1n) is 7.43. The van der Waals surface area contributed by atoms with Crippen molar-refractivity contribution in [3.8, 4) is 17.2 Å². The molecule has 1 amide bonds. The second-order valence-electron chi connectivity index (χ2n) is 5.14. The van der Waals surface area contributed by atoms with E-state index < -0.39 is 0 Å². The van der Waals surface area contributed by atoms with Gasteiger partial charge in [0, 0.05) is 9.13 Å². The van der Waals surface area contributed by atoms with Gasteiger partial charge in [0.05, 0.1) is 20.3 Å². The molecule has 0 bridgehead atoms. The molecule has 0 unspecified atom stereocenters. The lowest BCUT2D eigenvalue weighted by Gasteiger charge is -2.18. The number of amides is 1. The highest BCUT2D eigenvalue weighted by Crippen LogP contribution is 2.29. The van der Waals surface area contributed by atoms with E-state index in [1.165, 1.54) is 0 Å². The summed E-state index contributed by atoms with van der Waals surface area (Å²) < 4.78 is 17.2. The van der Waals surface area contributed by atoms with Crippen molar-refractivity contribution in [2.24, 2.45) is 0 Å². The zero-order chi connectivity index (χ0) is 17.5. The van der Waals surface area contributed by atoms with Gasteiger partial charge in [-0.2, -0.15) is 0 Å². The maximum atomic E-state index is 12.1. The summed E-state index contributed by atoms with van der Waals surface area (Å²) in [6, 6.07) is 12.8. The number of hydrogen-bond donors (Lipinski definition) is 1. The topological polar surface area (TPSA) is 56.8 Å². The minimum absolute atomic E-state index is 0.0444. The van der Waals surface area contributed by atoms with Gasteiger partial charge < -0.3 is 19.5 Å². The largest absolute Gasteiger partial charge is 0.497 e. The van der Waals surface area contributed by atoms with E-state index in [1.54, 1.807) is 14.2 Å². The summed E-state index contributed by atoms with van der Waals surface area (Å²) in [5.41, 5.74) is 0.847. The van der Waals surface area contributed by atoms with Crippen LogP contribution in [-0.2, 0) is 4.79 Å². The predicted molar refractivity (Wildman–Crippen MR) is 101 cm³/mol. The standard InChI is InChI=1S/C18H20INO4/c1-12(16-10-15(22-2)8-9-17(16)23-3)20-18(21)11-24-14-6-4-13(19)5-7-14/h4-10,12H,11H2,1-3H3,(H,20,21)/t12-/m0/s1. The number of hydrogen-bond acceptors (Lipinski definition) is 4. The Hall–Kier alpha value is -1.96. The Morgan fingerprint density at radius 2 is 1.75 bits per heavy atom. The summed E-state index contributed by atoms with van der Waals surface area (Å²) in [6.45, 7) is 1.84. The molecule has 1 atom stereocenters. The Bertz CT molecular complexity index is 688. The molecule has 0 aliphatic rings. The van der Waals surface area contributed by atoms with E-state index >= 15 is 0 Å².